The zero-order chi connectivity index (χ0) is 24.7. The lowest BCUT2D eigenvalue weighted by atomic mass is 10.1. The molecule has 6 nitrogen and oxygen atoms in total. The van der Waals surface area contributed by atoms with Crippen molar-refractivity contribution < 1.29 is 19.3 Å². The molecule has 4 aromatic rings. The number of nitrogens with one attached hydrogen (secondary N) is 2. The smallest absolute Gasteiger partial charge is 0.376 e. The van der Waals surface area contributed by atoms with Gasteiger partial charge in [-0.25, -0.2) is 20.0 Å². The minimum Gasteiger partial charge on any atom is -0.554 e. The number of para-hydroxylation sites is 4. The highest BCUT2D eigenvalue weighted by Crippen LogP contribution is 2.22. The van der Waals surface area contributed by atoms with Gasteiger partial charge in [0, 0.05) is 12.1 Å². The third-order valence-corrected chi connectivity index (χ3v) is 5.62. The first kappa shape index (κ1) is 23.1. The van der Waals surface area contributed by atoms with Gasteiger partial charge in [0.1, 0.15) is 11.1 Å². The van der Waals surface area contributed by atoms with E-state index in [9.17, 15) is 0 Å². The van der Waals surface area contributed by atoms with E-state index in [4.69, 9.17) is 35.4 Å². The number of hydrogen-bond donors (Lipinski definition) is 2. The van der Waals surface area contributed by atoms with E-state index in [1.54, 1.807) is 0 Å². The lowest BCUT2D eigenvalue weighted by Crippen LogP contribution is -2.62. The molecule has 36 heavy (non-hydrogen) atoms. The molecule has 4 radical (unpaired) electrons. The number of benzene rings is 4. The molecule has 0 bridgehead atoms. The van der Waals surface area contributed by atoms with Crippen LogP contribution in [-0.4, -0.2) is 40.3 Å². The van der Waals surface area contributed by atoms with Gasteiger partial charge in [0.05, 0.1) is 22.5 Å². The first-order chi connectivity index (χ1) is 17.8. The van der Waals surface area contributed by atoms with Crippen LogP contribution in [0.1, 0.15) is 22.3 Å². The predicted molar refractivity (Wildman–Crippen MR) is 143 cm³/mol. The number of hydrogen-bond acceptors (Lipinski definition) is 4. The summed E-state index contributed by atoms with van der Waals surface area (Å²) in [7, 11) is 11.4. The zero-order valence-electron chi connectivity index (χ0n) is 19.3. The van der Waals surface area contributed by atoms with Crippen LogP contribution in [0.15, 0.2) is 107 Å². The summed E-state index contributed by atoms with van der Waals surface area (Å²) in [6.07, 6.45) is 3.69. The molecule has 0 atom stereocenters. The van der Waals surface area contributed by atoms with Crippen molar-refractivity contribution in [2.75, 3.05) is 0 Å². The number of fused-ring (bicyclic) bond motifs is 4. The average molecular weight is 466 g/mol. The Kier molecular flexibility index (Phi) is 6.85. The molecule has 1 aliphatic heterocycles. The molecule has 4 aromatic carbocycles. The summed E-state index contributed by atoms with van der Waals surface area (Å²) in [5.41, 5.74) is 5.89. The molecule has 0 aromatic heterocycles. The lowest BCUT2D eigenvalue weighted by Gasteiger charge is -2.09. The fourth-order valence-corrected chi connectivity index (χ4v) is 3.84. The van der Waals surface area contributed by atoms with E-state index in [0.717, 1.165) is 22.5 Å². The summed E-state index contributed by atoms with van der Waals surface area (Å²) in [6, 6.07) is 30.5. The minimum absolute atomic E-state index is 0.268. The molecule has 0 fully saturated rings. The molecule has 8 heteroatoms. The maximum absolute atomic E-state index is 5.69. The predicted octanol–water partition coefficient (Wildman–Crippen LogP) is 2.02. The highest BCUT2D eigenvalue weighted by Gasteiger charge is 2.17. The third kappa shape index (κ3) is 4.88. The molecule has 1 aliphatic rings. The van der Waals surface area contributed by atoms with E-state index in [1.807, 2.05) is 109 Å². The molecule has 2 N–H and O–H groups in total. The van der Waals surface area contributed by atoms with Crippen molar-refractivity contribution in [3.05, 3.63) is 119 Å². The Morgan fingerprint density at radius 2 is 0.889 bits per heavy atom. The second-order valence-electron chi connectivity index (χ2n) is 7.86. The molecule has 0 saturated heterocycles. The van der Waals surface area contributed by atoms with Gasteiger partial charge in [0.15, 0.2) is 12.4 Å². The van der Waals surface area contributed by atoms with E-state index in [2.05, 4.69) is 9.98 Å². The van der Waals surface area contributed by atoms with Gasteiger partial charge in [-0.2, -0.15) is 0 Å². The standard InChI is InChI=1S/C28H18B2N4O2/c29-35-27-22-12-4-8-16-26(22)32-18-20-10-2-6-14-24(20)34-28(36-30)21-11-3-7-15-25(21)31-17-19-9-1-5-13-23(19)33-27/h1-18H/p+2. The van der Waals surface area contributed by atoms with Crippen molar-refractivity contribution in [3.8, 4) is 0 Å². The van der Waals surface area contributed by atoms with Gasteiger partial charge in [0.25, 0.3) is 0 Å². The van der Waals surface area contributed by atoms with Crippen LogP contribution in [0, 0.1) is 0 Å². The van der Waals surface area contributed by atoms with Crippen LogP contribution in [0.25, 0.3) is 0 Å². The molecule has 0 saturated carbocycles. The van der Waals surface area contributed by atoms with E-state index in [0.29, 0.717) is 22.5 Å². The van der Waals surface area contributed by atoms with Crippen molar-refractivity contribution >= 4 is 63.1 Å². The summed E-state index contributed by atoms with van der Waals surface area (Å²) in [6.45, 7) is 0. The van der Waals surface area contributed by atoms with Crippen molar-refractivity contribution in [3.63, 3.8) is 0 Å². The van der Waals surface area contributed by atoms with Gasteiger partial charge in [0.2, 0.25) is 23.2 Å². The van der Waals surface area contributed by atoms with Gasteiger partial charge < -0.3 is 9.31 Å². The quantitative estimate of drug-likeness (QED) is 0.390. The third-order valence-electron chi connectivity index (χ3n) is 5.62. The molecule has 0 spiro atoms. The Hall–Kier alpha value is -4.71. The van der Waals surface area contributed by atoms with Crippen LogP contribution in [0.5, 0.6) is 0 Å². The largest absolute Gasteiger partial charge is 0.554 e. The first-order valence-electron chi connectivity index (χ1n) is 11.2. The summed E-state index contributed by atoms with van der Waals surface area (Å²) in [5, 5.41) is 0. The summed E-state index contributed by atoms with van der Waals surface area (Å²) in [4.78, 5) is 16.1. The zero-order valence-corrected chi connectivity index (χ0v) is 19.3. The molecular weight excluding hydrogens is 446 g/mol. The van der Waals surface area contributed by atoms with Gasteiger partial charge in [-0.15, -0.1) is 0 Å². The van der Waals surface area contributed by atoms with Gasteiger partial charge in [-0.1, -0.05) is 48.5 Å². The highest BCUT2D eigenvalue weighted by molar-refractivity contribution is 6.14. The fourth-order valence-electron chi connectivity index (χ4n) is 3.84. The molecule has 168 valence electrons. The van der Waals surface area contributed by atoms with E-state index >= 15 is 0 Å². The molecule has 0 unspecified atom stereocenters. The van der Waals surface area contributed by atoms with Gasteiger partial charge in [-0.05, 0) is 36.4 Å². The Bertz CT molecular complexity index is 1410. The second-order valence-corrected chi connectivity index (χ2v) is 7.86. The molecule has 0 amide bonds. The Morgan fingerprint density at radius 1 is 0.500 bits per heavy atom. The van der Waals surface area contributed by atoms with Crippen molar-refractivity contribution in [1.82, 2.24) is 0 Å². The topological polar surface area (TPSA) is 71.1 Å². The summed E-state index contributed by atoms with van der Waals surface area (Å²) < 4.78 is 10.5. The van der Waals surface area contributed by atoms with Crippen molar-refractivity contribution in [2.45, 2.75) is 0 Å². The normalized spacial score (nSPS) is 12.8. The average Bonchev–Trinajstić information content (AvgIpc) is 2.93. The SMILES string of the molecule is [B]OC1=Nc2ccccc2C=[NH+]c2ccccc2C(O[B])=Nc2ccccc2C=[NH+]c2ccccc21. The van der Waals surface area contributed by atoms with Crippen LogP contribution in [0.2, 0.25) is 0 Å². The number of rotatable bonds is 0. The van der Waals surface area contributed by atoms with Crippen LogP contribution in [0.3, 0.4) is 0 Å². The van der Waals surface area contributed by atoms with Crippen LogP contribution < -0.4 is 9.98 Å². The van der Waals surface area contributed by atoms with E-state index < -0.39 is 0 Å². The van der Waals surface area contributed by atoms with Crippen molar-refractivity contribution in [2.24, 2.45) is 9.98 Å². The van der Waals surface area contributed by atoms with E-state index in [1.165, 1.54) is 0 Å². The summed E-state index contributed by atoms with van der Waals surface area (Å²) >= 11 is 0. The molecular formula is C28H20B2N4O2+2. The molecule has 1 heterocycles. The maximum atomic E-state index is 5.69. The first-order valence-corrected chi connectivity index (χ1v) is 11.2. The van der Waals surface area contributed by atoms with Gasteiger partial charge in [-0.3, -0.25) is 0 Å². The fraction of sp³-hybridized carbons (Fsp3) is 0. The van der Waals surface area contributed by atoms with Crippen LogP contribution >= 0.6 is 0 Å². The molecule has 0 aliphatic carbocycles. The second kappa shape index (κ2) is 10.7. The molecule has 5 rings (SSSR count). The highest BCUT2D eigenvalue weighted by atomic mass is 16.4. The summed E-state index contributed by atoms with van der Waals surface area (Å²) in [5.74, 6) is 0.537. The van der Waals surface area contributed by atoms with Crippen molar-refractivity contribution in [1.29, 1.82) is 0 Å². The van der Waals surface area contributed by atoms with Crippen LogP contribution in [0.4, 0.5) is 22.7 Å². The lowest BCUT2D eigenvalue weighted by molar-refractivity contribution is -0.347. The van der Waals surface area contributed by atoms with Crippen LogP contribution in [-0.2, 0) is 9.31 Å². The Labute approximate surface area is 211 Å². The Balaban J connectivity index is 1.78. The Morgan fingerprint density at radius 3 is 1.33 bits per heavy atom. The number of aliphatic imine (C=N–C) groups is 2. The minimum atomic E-state index is 0.268. The number of nitrogens with zero attached hydrogens (tertiary/aromatic N) is 2. The van der Waals surface area contributed by atoms with Gasteiger partial charge >= 0.3 is 16.1 Å². The maximum Gasteiger partial charge on any atom is 0.376 e. The monoisotopic (exact) mass is 466 g/mol. The van der Waals surface area contributed by atoms with E-state index in [-0.39, 0.29) is 11.8 Å².